The van der Waals surface area contributed by atoms with Gasteiger partial charge in [-0.25, -0.2) is 4.98 Å². The lowest BCUT2D eigenvalue weighted by Gasteiger charge is -2.07. The highest BCUT2D eigenvalue weighted by molar-refractivity contribution is 6.30. The summed E-state index contributed by atoms with van der Waals surface area (Å²) in [5.74, 6) is 0.407. The van der Waals surface area contributed by atoms with E-state index in [4.69, 9.17) is 21.6 Å². The van der Waals surface area contributed by atoms with Crippen molar-refractivity contribution in [1.29, 1.82) is 5.26 Å². The van der Waals surface area contributed by atoms with Gasteiger partial charge in [0.15, 0.2) is 0 Å². The Labute approximate surface area is 108 Å². The fourth-order valence-electron chi connectivity index (χ4n) is 1.40. The molecule has 0 bridgehead atoms. The van der Waals surface area contributed by atoms with Gasteiger partial charge in [-0.1, -0.05) is 11.6 Å². The zero-order valence-electron chi connectivity index (χ0n) is 9.40. The van der Waals surface area contributed by atoms with Crippen LogP contribution in [-0.2, 0) is 0 Å². The molecule has 0 saturated heterocycles. The predicted molar refractivity (Wildman–Crippen MR) is 65.8 cm³/mol. The summed E-state index contributed by atoms with van der Waals surface area (Å²) in [6.45, 7) is 1.65. The third kappa shape index (κ3) is 2.50. The monoisotopic (exact) mass is 261 g/mol. The third-order valence-electron chi connectivity index (χ3n) is 2.21. The fraction of sp³-hybridized carbons (Fsp3) is 0.0833. The van der Waals surface area contributed by atoms with Crippen LogP contribution in [0.1, 0.15) is 11.3 Å². The molecule has 0 saturated carbocycles. The third-order valence-corrected chi connectivity index (χ3v) is 2.43. The van der Waals surface area contributed by atoms with Crippen LogP contribution in [0.5, 0.6) is 11.5 Å². The molecular weight excluding hydrogens is 254 g/mol. The summed E-state index contributed by atoms with van der Waals surface area (Å²) in [5.41, 5.74) is 0.425. The SMILES string of the molecule is Cc1nc[nH]c(=O)c1Oc1cc(Cl)cc(C#N)c1. The highest BCUT2D eigenvalue weighted by Gasteiger charge is 2.08. The molecule has 0 fully saturated rings. The fourth-order valence-corrected chi connectivity index (χ4v) is 1.63. The maximum Gasteiger partial charge on any atom is 0.294 e. The molecule has 0 atom stereocenters. The molecule has 1 heterocycles. The number of aromatic amines is 1. The van der Waals surface area contributed by atoms with Gasteiger partial charge in [0.1, 0.15) is 5.75 Å². The van der Waals surface area contributed by atoms with E-state index in [1.165, 1.54) is 24.5 Å². The minimum absolute atomic E-state index is 0.0867. The summed E-state index contributed by atoms with van der Waals surface area (Å²) in [7, 11) is 0. The molecule has 0 radical (unpaired) electrons. The van der Waals surface area contributed by atoms with Crippen LogP contribution in [0.15, 0.2) is 29.3 Å². The molecule has 2 rings (SSSR count). The number of aromatic nitrogens is 2. The average molecular weight is 262 g/mol. The number of aryl methyl sites for hydroxylation is 1. The number of H-pyrrole nitrogens is 1. The highest BCUT2D eigenvalue weighted by Crippen LogP contribution is 2.25. The number of halogens is 1. The number of hydrogen-bond donors (Lipinski definition) is 1. The van der Waals surface area contributed by atoms with Crippen molar-refractivity contribution in [1.82, 2.24) is 9.97 Å². The Balaban J connectivity index is 2.44. The van der Waals surface area contributed by atoms with E-state index in [2.05, 4.69) is 9.97 Å². The van der Waals surface area contributed by atoms with Crippen LogP contribution in [-0.4, -0.2) is 9.97 Å². The Morgan fingerprint density at radius 1 is 1.44 bits per heavy atom. The van der Waals surface area contributed by atoms with Crippen molar-refractivity contribution in [3.8, 4) is 17.6 Å². The van der Waals surface area contributed by atoms with Crippen LogP contribution in [0, 0.1) is 18.3 Å². The molecule has 2 aromatic rings. The van der Waals surface area contributed by atoms with E-state index in [1.54, 1.807) is 6.92 Å². The quantitative estimate of drug-likeness (QED) is 0.900. The normalized spacial score (nSPS) is 9.83. The van der Waals surface area contributed by atoms with Crippen LogP contribution in [0.3, 0.4) is 0 Å². The minimum Gasteiger partial charge on any atom is -0.450 e. The molecule has 90 valence electrons. The zero-order chi connectivity index (χ0) is 13.1. The number of hydrogen-bond acceptors (Lipinski definition) is 4. The zero-order valence-corrected chi connectivity index (χ0v) is 10.2. The Hall–Kier alpha value is -2.32. The standard InChI is InChI=1S/C12H8ClN3O2/c1-7-11(12(17)16-6-15-7)18-10-3-8(5-14)2-9(13)4-10/h2-4,6H,1H3,(H,15,16,17). The summed E-state index contributed by atoms with van der Waals surface area (Å²) < 4.78 is 5.42. The van der Waals surface area contributed by atoms with Gasteiger partial charge in [-0.2, -0.15) is 5.26 Å². The van der Waals surface area contributed by atoms with Crippen LogP contribution in [0.25, 0.3) is 0 Å². The van der Waals surface area contributed by atoms with Crippen LogP contribution in [0.4, 0.5) is 0 Å². The highest BCUT2D eigenvalue weighted by atomic mass is 35.5. The maximum atomic E-state index is 11.6. The molecule has 5 nitrogen and oxygen atoms in total. The second kappa shape index (κ2) is 4.90. The first kappa shape index (κ1) is 12.1. The molecule has 0 amide bonds. The number of ether oxygens (including phenoxy) is 1. The van der Waals surface area contributed by atoms with E-state index in [-0.39, 0.29) is 11.3 Å². The first-order valence-electron chi connectivity index (χ1n) is 5.03. The molecule has 0 unspecified atom stereocenters. The molecule has 0 spiro atoms. The van der Waals surface area contributed by atoms with Crippen molar-refractivity contribution in [2.45, 2.75) is 6.92 Å². The molecule has 1 aromatic carbocycles. The average Bonchev–Trinajstić information content (AvgIpc) is 2.33. The van der Waals surface area contributed by atoms with Crippen LogP contribution in [0.2, 0.25) is 5.02 Å². The molecule has 18 heavy (non-hydrogen) atoms. The van der Waals surface area contributed by atoms with Crippen molar-refractivity contribution >= 4 is 11.6 Å². The summed E-state index contributed by atoms with van der Waals surface area (Å²) in [6, 6.07) is 6.49. The molecular formula is C12H8ClN3O2. The number of nitrogens with zero attached hydrogens (tertiary/aromatic N) is 2. The number of rotatable bonds is 2. The van der Waals surface area contributed by atoms with E-state index in [0.717, 1.165) is 0 Å². The van der Waals surface area contributed by atoms with E-state index in [1.807, 2.05) is 6.07 Å². The van der Waals surface area contributed by atoms with Gasteiger partial charge in [-0.05, 0) is 25.1 Å². The Morgan fingerprint density at radius 2 is 2.22 bits per heavy atom. The van der Waals surface area contributed by atoms with Crippen molar-refractivity contribution in [2.24, 2.45) is 0 Å². The number of nitriles is 1. The van der Waals surface area contributed by atoms with E-state index in [0.29, 0.717) is 22.0 Å². The van der Waals surface area contributed by atoms with Crippen molar-refractivity contribution < 1.29 is 4.74 Å². The summed E-state index contributed by atoms with van der Waals surface area (Å²) >= 11 is 5.84. The van der Waals surface area contributed by atoms with Gasteiger partial charge in [0.25, 0.3) is 5.56 Å². The largest absolute Gasteiger partial charge is 0.450 e. The van der Waals surface area contributed by atoms with Crippen LogP contribution >= 0.6 is 11.6 Å². The molecule has 0 aliphatic carbocycles. The topological polar surface area (TPSA) is 78.8 Å². The molecule has 1 aromatic heterocycles. The van der Waals surface area contributed by atoms with Crippen molar-refractivity contribution in [3.63, 3.8) is 0 Å². The minimum atomic E-state index is -0.388. The van der Waals surface area contributed by atoms with Crippen molar-refractivity contribution in [2.75, 3.05) is 0 Å². The van der Waals surface area contributed by atoms with Crippen molar-refractivity contribution in [3.05, 3.63) is 51.2 Å². The van der Waals surface area contributed by atoms with Crippen LogP contribution < -0.4 is 10.3 Å². The second-order valence-corrected chi connectivity index (χ2v) is 3.97. The Bertz CT molecular complexity index is 688. The first-order chi connectivity index (χ1) is 8.60. The summed E-state index contributed by atoms with van der Waals surface area (Å²) in [4.78, 5) is 17.9. The number of benzene rings is 1. The van der Waals surface area contributed by atoms with E-state index < -0.39 is 0 Å². The van der Waals surface area contributed by atoms with Gasteiger partial charge < -0.3 is 9.72 Å². The molecule has 0 aliphatic heterocycles. The lowest BCUT2D eigenvalue weighted by Crippen LogP contribution is -2.11. The Kier molecular flexibility index (Phi) is 3.31. The summed E-state index contributed by atoms with van der Waals surface area (Å²) in [6.07, 6.45) is 1.29. The van der Waals surface area contributed by atoms with Gasteiger partial charge >= 0.3 is 0 Å². The second-order valence-electron chi connectivity index (χ2n) is 3.54. The summed E-state index contributed by atoms with van der Waals surface area (Å²) in [5, 5.41) is 9.18. The molecule has 6 heteroatoms. The smallest absolute Gasteiger partial charge is 0.294 e. The van der Waals surface area contributed by atoms with E-state index >= 15 is 0 Å². The lowest BCUT2D eigenvalue weighted by atomic mass is 10.2. The van der Waals surface area contributed by atoms with Gasteiger partial charge in [0.05, 0.1) is 23.7 Å². The lowest BCUT2D eigenvalue weighted by molar-refractivity contribution is 0.467. The predicted octanol–water partition coefficient (Wildman–Crippen LogP) is 2.40. The van der Waals surface area contributed by atoms with Gasteiger partial charge in [-0.3, -0.25) is 4.79 Å². The van der Waals surface area contributed by atoms with Gasteiger partial charge in [0.2, 0.25) is 5.75 Å². The number of nitrogens with one attached hydrogen (secondary N) is 1. The first-order valence-corrected chi connectivity index (χ1v) is 5.41. The van der Waals surface area contributed by atoms with Gasteiger partial charge in [0, 0.05) is 5.02 Å². The Morgan fingerprint density at radius 3 is 2.89 bits per heavy atom. The molecule has 1 N–H and O–H groups in total. The van der Waals surface area contributed by atoms with E-state index in [9.17, 15) is 4.79 Å². The molecule has 0 aliphatic rings. The van der Waals surface area contributed by atoms with Gasteiger partial charge in [-0.15, -0.1) is 0 Å². The maximum absolute atomic E-state index is 11.6.